The predicted octanol–water partition coefficient (Wildman–Crippen LogP) is 4.59. The number of carbonyl (C=O) groups is 1. The zero-order valence-corrected chi connectivity index (χ0v) is 17.3. The number of benzene rings is 2. The highest BCUT2D eigenvalue weighted by molar-refractivity contribution is 5.93. The summed E-state index contributed by atoms with van der Waals surface area (Å²) in [7, 11) is 1.87. The Hall–Kier alpha value is -2.88. The molecular formula is C25H29N3O. The molecule has 0 aliphatic carbocycles. The van der Waals surface area contributed by atoms with Gasteiger partial charge in [0.15, 0.2) is 0 Å². The molecule has 4 rings (SSSR count). The summed E-state index contributed by atoms with van der Waals surface area (Å²) in [6.07, 6.45) is 3.95. The molecule has 3 aromatic rings. The lowest BCUT2D eigenvalue weighted by molar-refractivity contribution is 0.0655. The van der Waals surface area contributed by atoms with Gasteiger partial charge in [-0.25, -0.2) is 0 Å². The van der Waals surface area contributed by atoms with Crippen molar-refractivity contribution in [2.24, 2.45) is 7.05 Å². The highest BCUT2D eigenvalue weighted by Crippen LogP contribution is 2.40. The average Bonchev–Trinajstić information content (AvgIpc) is 3.14. The SMILES string of the molecule is CCCc1cc(C(=O)N2CCCC(c3ccccc3)(c3ccccc3)C2)n(C)n1. The van der Waals surface area contributed by atoms with Gasteiger partial charge in [-0.15, -0.1) is 0 Å². The quantitative estimate of drug-likeness (QED) is 0.642. The van der Waals surface area contributed by atoms with E-state index in [4.69, 9.17) is 0 Å². The van der Waals surface area contributed by atoms with Crippen LogP contribution in [0.4, 0.5) is 0 Å². The van der Waals surface area contributed by atoms with Crippen molar-refractivity contribution in [3.63, 3.8) is 0 Å². The predicted molar refractivity (Wildman–Crippen MR) is 116 cm³/mol. The number of nitrogens with zero attached hydrogens (tertiary/aromatic N) is 3. The second kappa shape index (κ2) is 8.24. The zero-order valence-electron chi connectivity index (χ0n) is 17.3. The molecule has 1 fully saturated rings. The lowest BCUT2D eigenvalue weighted by atomic mass is 9.69. The van der Waals surface area contributed by atoms with Crippen LogP contribution in [0.25, 0.3) is 0 Å². The molecule has 1 aliphatic rings. The molecule has 1 saturated heterocycles. The number of carbonyl (C=O) groups excluding carboxylic acids is 1. The van der Waals surface area contributed by atoms with E-state index in [1.165, 1.54) is 11.1 Å². The number of amides is 1. The lowest BCUT2D eigenvalue weighted by Crippen LogP contribution is -2.49. The normalized spacial score (nSPS) is 16.0. The minimum Gasteiger partial charge on any atom is -0.336 e. The molecule has 0 radical (unpaired) electrons. The van der Waals surface area contributed by atoms with E-state index in [0.717, 1.165) is 37.9 Å². The molecule has 0 spiro atoms. The highest BCUT2D eigenvalue weighted by Gasteiger charge is 2.40. The van der Waals surface area contributed by atoms with Crippen LogP contribution in [-0.2, 0) is 18.9 Å². The van der Waals surface area contributed by atoms with Crippen LogP contribution in [0.3, 0.4) is 0 Å². The Bertz CT molecular complexity index is 923. The van der Waals surface area contributed by atoms with E-state index in [-0.39, 0.29) is 11.3 Å². The number of rotatable bonds is 5. The van der Waals surface area contributed by atoms with Gasteiger partial charge in [-0.05, 0) is 36.5 Å². The van der Waals surface area contributed by atoms with Crippen molar-refractivity contribution in [2.45, 2.75) is 38.0 Å². The fourth-order valence-electron chi connectivity index (χ4n) is 4.65. The molecule has 1 aliphatic heterocycles. The molecule has 2 heterocycles. The van der Waals surface area contributed by atoms with Gasteiger partial charge < -0.3 is 4.90 Å². The summed E-state index contributed by atoms with van der Waals surface area (Å²) >= 11 is 0. The monoisotopic (exact) mass is 387 g/mol. The molecule has 0 bridgehead atoms. The van der Waals surface area contributed by atoms with Crippen LogP contribution in [0.15, 0.2) is 66.7 Å². The van der Waals surface area contributed by atoms with Crippen LogP contribution >= 0.6 is 0 Å². The Balaban J connectivity index is 1.70. The number of hydrogen-bond donors (Lipinski definition) is 0. The molecule has 0 saturated carbocycles. The average molecular weight is 388 g/mol. The van der Waals surface area contributed by atoms with Gasteiger partial charge in [-0.2, -0.15) is 5.10 Å². The number of aryl methyl sites for hydroxylation is 2. The summed E-state index contributed by atoms with van der Waals surface area (Å²) in [6, 6.07) is 23.3. The van der Waals surface area contributed by atoms with E-state index in [9.17, 15) is 4.79 Å². The number of hydrogen-bond acceptors (Lipinski definition) is 2. The van der Waals surface area contributed by atoms with E-state index in [1.807, 2.05) is 18.0 Å². The molecule has 1 aromatic heterocycles. The third-order valence-corrected chi connectivity index (χ3v) is 6.09. The molecular weight excluding hydrogens is 358 g/mol. The second-order valence-electron chi connectivity index (χ2n) is 8.04. The van der Waals surface area contributed by atoms with Crippen molar-refractivity contribution in [3.05, 3.63) is 89.2 Å². The Morgan fingerprint density at radius 3 is 2.24 bits per heavy atom. The van der Waals surface area contributed by atoms with Crippen molar-refractivity contribution in [2.75, 3.05) is 13.1 Å². The Labute approximate surface area is 173 Å². The van der Waals surface area contributed by atoms with Crippen LogP contribution in [0.1, 0.15) is 53.5 Å². The maximum absolute atomic E-state index is 13.5. The van der Waals surface area contributed by atoms with Crippen LogP contribution in [0.2, 0.25) is 0 Å². The largest absolute Gasteiger partial charge is 0.336 e. The van der Waals surface area contributed by atoms with Gasteiger partial charge in [0.05, 0.1) is 5.69 Å². The van der Waals surface area contributed by atoms with Gasteiger partial charge >= 0.3 is 0 Å². The van der Waals surface area contributed by atoms with E-state index in [1.54, 1.807) is 4.68 Å². The number of aromatic nitrogens is 2. The van der Waals surface area contributed by atoms with Crippen molar-refractivity contribution in [3.8, 4) is 0 Å². The van der Waals surface area contributed by atoms with Crippen molar-refractivity contribution in [1.82, 2.24) is 14.7 Å². The molecule has 0 unspecified atom stereocenters. The van der Waals surface area contributed by atoms with E-state index >= 15 is 0 Å². The van der Waals surface area contributed by atoms with Gasteiger partial charge in [-0.1, -0.05) is 74.0 Å². The molecule has 29 heavy (non-hydrogen) atoms. The number of likely N-dealkylation sites (tertiary alicyclic amines) is 1. The minimum absolute atomic E-state index is 0.0818. The smallest absolute Gasteiger partial charge is 0.272 e. The maximum atomic E-state index is 13.5. The van der Waals surface area contributed by atoms with Gasteiger partial charge in [0.1, 0.15) is 5.69 Å². The van der Waals surface area contributed by atoms with Gasteiger partial charge in [0.2, 0.25) is 0 Å². The molecule has 1 amide bonds. The summed E-state index contributed by atoms with van der Waals surface area (Å²) in [6.45, 7) is 3.61. The summed E-state index contributed by atoms with van der Waals surface area (Å²) < 4.78 is 1.74. The van der Waals surface area contributed by atoms with Crippen molar-refractivity contribution in [1.29, 1.82) is 0 Å². The first kappa shape index (κ1) is 19.4. The van der Waals surface area contributed by atoms with Gasteiger partial charge in [-0.3, -0.25) is 9.48 Å². The third kappa shape index (κ3) is 3.71. The molecule has 4 nitrogen and oxygen atoms in total. The first-order valence-corrected chi connectivity index (χ1v) is 10.6. The maximum Gasteiger partial charge on any atom is 0.272 e. The standard InChI is InChI=1S/C25H29N3O/c1-3-11-22-18-23(27(2)26-22)24(29)28-17-10-16-25(19-28,20-12-6-4-7-13-20)21-14-8-5-9-15-21/h4-9,12-15,18H,3,10-11,16-17,19H2,1-2H3. The fourth-order valence-corrected chi connectivity index (χ4v) is 4.65. The third-order valence-electron chi connectivity index (χ3n) is 6.09. The summed E-state index contributed by atoms with van der Waals surface area (Å²) in [5.74, 6) is 0.0818. The van der Waals surface area contributed by atoms with Crippen LogP contribution in [0.5, 0.6) is 0 Å². The fraction of sp³-hybridized carbons (Fsp3) is 0.360. The first-order valence-electron chi connectivity index (χ1n) is 10.6. The second-order valence-corrected chi connectivity index (χ2v) is 8.04. The van der Waals surface area contributed by atoms with Gasteiger partial charge in [0.25, 0.3) is 5.91 Å². The Morgan fingerprint density at radius 2 is 1.66 bits per heavy atom. The van der Waals surface area contributed by atoms with E-state index in [0.29, 0.717) is 12.2 Å². The summed E-state index contributed by atoms with van der Waals surface area (Å²) in [5, 5.41) is 4.54. The van der Waals surface area contributed by atoms with Crippen molar-refractivity contribution < 1.29 is 4.79 Å². The van der Waals surface area contributed by atoms with Crippen LogP contribution in [-0.4, -0.2) is 33.7 Å². The van der Waals surface area contributed by atoms with E-state index < -0.39 is 0 Å². The Kier molecular flexibility index (Phi) is 5.52. The van der Waals surface area contributed by atoms with Crippen LogP contribution < -0.4 is 0 Å². The molecule has 4 heteroatoms. The molecule has 150 valence electrons. The van der Waals surface area contributed by atoms with E-state index in [2.05, 4.69) is 72.7 Å². The van der Waals surface area contributed by atoms with Crippen molar-refractivity contribution >= 4 is 5.91 Å². The first-order chi connectivity index (χ1) is 14.1. The minimum atomic E-state index is -0.179. The lowest BCUT2D eigenvalue weighted by Gasteiger charge is -2.44. The highest BCUT2D eigenvalue weighted by atomic mass is 16.2. The zero-order chi connectivity index (χ0) is 20.3. The van der Waals surface area contributed by atoms with Crippen LogP contribution in [0, 0.1) is 0 Å². The topological polar surface area (TPSA) is 38.1 Å². The molecule has 0 atom stereocenters. The Morgan fingerprint density at radius 1 is 1.03 bits per heavy atom. The summed E-state index contributed by atoms with van der Waals surface area (Å²) in [5.41, 5.74) is 4.06. The summed E-state index contributed by atoms with van der Waals surface area (Å²) in [4.78, 5) is 15.5. The molecule has 0 N–H and O–H groups in total. The molecule has 2 aromatic carbocycles. The van der Waals surface area contributed by atoms with Gasteiger partial charge in [0, 0.05) is 25.6 Å². The number of piperidine rings is 1.